The fraction of sp³-hybridized carbons (Fsp3) is 0.417. The second kappa shape index (κ2) is 5.82. The lowest BCUT2D eigenvalue weighted by molar-refractivity contribution is 0.687. The zero-order valence-corrected chi connectivity index (χ0v) is 10.3. The Labute approximate surface area is 99.9 Å². The first kappa shape index (κ1) is 11.4. The predicted octanol–water partition coefficient (Wildman–Crippen LogP) is 2.37. The van der Waals surface area contributed by atoms with Crippen LogP contribution in [0.2, 0.25) is 0 Å². The van der Waals surface area contributed by atoms with E-state index in [9.17, 15) is 0 Å². The Bertz CT molecular complexity index is 406. The zero-order chi connectivity index (χ0) is 11.2. The molecule has 0 atom stereocenters. The lowest BCUT2D eigenvalue weighted by Crippen LogP contribution is -2.16. The fourth-order valence-electron chi connectivity index (χ4n) is 1.56. The number of hydrogen-bond acceptors (Lipinski definition) is 3. The molecule has 4 heteroatoms. The number of nitrogens with one attached hydrogen (secondary N) is 2. The van der Waals surface area contributed by atoms with Crippen LogP contribution in [-0.4, -0.2) is 16.5 Å². The Morgan fingerprint density at radius 2 is 2.25 bits per heavy atom. The van der Waals surface area contributed by atoms with Gasteiger partial charge in [0.25, 0.3) is 0 Å². The zero-order valence-electron chi connectivity index (χ0n) is 9.49. The van der Waals surface area contributed by atoms with Crippen molar-refractivity contribution in [1.29, 1.82) is 0 Å². The van der Waals surface area contributed by atoms with Gasteiger partial charge in [0.1, 0.15) is 0 Å². The summed E-state index contributed by atoms with van der Waals surface area (Å²) in [6.45, 7) is 4.15. The maximum atomic E-state index is 3.99. The van der Waals surface area contributed by atoms with E-state index < -0.39 is 0 Å². The Morgan fingerprint density at radius 3 is 2.94 bits per heavy atom. The standard InChI is InChI=1S/C12H17N3S/c1-2-11-3-4-12(16-11)8-13-6-5-10-7-14-9-15-10/h3-4,7,9,13H,2,5-6,8H2,1H3,(H,14,15). The SMILES string of the molecule is CCc1ccc(CNCCc2cnc[nH]2)s1. The molecular weight excluding hydrogens is 218 g/mol. The van der Waals surface area contributed by atoms with E-state index in [4.69, 9.17) is 0 Å². The van der Waals surface area contributed by atoms with E-state index in [2.05, 4.69) is 34.3 Å². The van der Waals surface area contributed by atoms with Gasteiger partial charge in [-0.2, -0.15) is 0 Å². The number of H-pyrrole nitrogens is 1. The lowest BCUT2D eigenvalue weighted by atomic mass is 10.3. The van der Waals surface area contributed by atoms with Crippen LogP contribution >= 0.6 is 11.3 Å². The molecule has 2 heterocycles. The average Bonchev–Trinajstić information content (AvgIpc) is 2.95. The predicted molar refractivity (Wildman–Crippen MR) is 67.7 cm³/mol. The third kappa shape index (κ3) is 3.18. The van der Waals surface area contributed by atoms with Crippen LogP contribution in [0.3, 0.4) is 0 Å². The van der Waals surface area contributed by atoms with Gasteiger partial charge in [-0.1, -0.05) is 6.92 Å². The third-order valence-electron chi connectivity index (χ3n) is 2.49. The summed E-state index contributed by atoms with van der Waals surface area (Å²) in [7, 11) is 0. The van der Waals surface area contributed by atoms with Crippen LogP contribution in [0.5, 0.6) is 0 Å². The topological polar surface area (TPSA) is 40.7 Å². The minimum Gasteiger partial charge on any atom is -0.348 e. The second-order valence-electron chi connectivity index (χ2n) is 3.73. The number of aromatic nitrogens is 2. The molecule has 0 aromatic carbocycles. The van der Waals surface area contributed by atoms with E-state index in [1.807, 2.05) is 17.5 Å². The summed E-state index contributed by atoms with van der Waals surface area (Å²) in [5.74, 6) is 0. The first-order chi connectivity index (χ1) is 7.88. The minimum absolute atomic E-state index is 0.971. The first-order valence-electron chi connectivity index (χ1n) is 5.64. The van der Waals surface area contributed by atoms with Gasteiger partial charge in [0.15, 0.2) is 0 Å². The van der Waals surface area contributed by atoms with Gasteiger partial charge in [0.05, 0.1) is 6.33 Å². The molecule has 86 valence electrons. The quantitative estimate of drug-likeness (QED) is 0.755. The van der Waals surface area contributed by atoms with E-state index in [1.54, 1.807) is 6.33 Å². The molecule has 0 saturated heterocycles. The number of aromatic amines is 1. The monoisotopic (exact) mass is 235 g/mol. The van der Waals surface area contributed by atoms with E-state index >= 15 is 0 Å². The van der Waals surface area contributed by atoms with Crippen molar-refractivity contribution < 1.29 is 0 Å². The summed E-state index contributed by atoms with van der Waals surface area (Å²) < 4.78 is 0. The summed E-state index contributed by atoms with van der Waals surface area (Å²) in [4.78, 5) is 9.97. The number of aryl methyl sites for hydroxylation is 1. The maximum Gasteiger partial charge on any atom is 0.0921 e. The summed E-state index contributed by atoms with van der Waals surface area (Å²) >= 11 is 1.90. The van der Waals surface area contributed by atoms with Crippen LogP contribution in [0.25, 0.3) is 0 Å². The van der Waals surface area contributed by atoms with Gasteiger partial charge in [0.2, 0.25) is 0 Å². The summed E-state index contributed by atoms with van der Waals surface area (Å²) in [6, 6.07) is 4.43. The van der Waals surface area contributed by atoms with Gasteiger partial charge >= 0.3 is 0 Å². The van der Waals surface area contributed by atoms with Crippen molar-refractivity contribution >= 4 is 11.3 Å². The maximum absolute atomic E-state index is 3.99. The second-order valence-corrected chi connectivity index (χ2v) is 4.98. The average molecular weight is 235 g/mol. The molecule has 0 amide bonds. The van der Waals surface area contributed by atoms with Crippen LogP contribution in [0, 0.1) is 0 Å². The highest BCUT2D eigenvalue weighted by Gasteiger charge is 1.98. The van der Waals surface area contributed by atoms with Crippen LogP contribution in [0.4, 0.5) is 0 Å². The van der Waals surface area contributed by atoms with Crippen LogP contribution in [0.15, 0.2) is 24.7 Å². The van der Waals surface area contributed by atoms with Gasteiger partial charge in [-0.25, -0.2) is 4.98 Å². The number of hydrogen-bond donors (Lipinski definition) is 2. The Morgan fingerprint density at radius 1 is 1.38 bits per heavy atom. The Hall–Kier alpha value is -1.13. The van der Waals surface area contributed by atoms with Gasteiger partial charge in [-0.15, -0.1) is 11.3 Å². The smallest absolute Gasteiger partial charge is 0.0921 e. The van der Waals surface area contributed by atoms with Gasteiger partial charge in [-0.3, -0.25) is 0 Å². The first-order valence-corrected chi connectivity index (χ1v) is 6.45. The van der Waals surface area contributed by atoms with Crippen molar-refractivity contribution in [2.24, 2.45) is 0 Å². The molecular formula is C12H17N3S. The minimum atomic E-state index is 0.971. The molecule has 0 radical (unpaired) electrons. The van der Waals surface area contributed by atoms with Gasteiger partial charge in [0, 0.05) is 41.2 Å². The molecule has 0 aliphatic carbocycles. The highest BCUT2D eigenvalue weighted by molar-refractivity contribution is 7.11. The molecule has 0 saturated carbocycles. The highest BCUT2D eigenvalue weighted by atomic mass is 32.1. The number of imidazole rings is 1. The molecule has 0 unspecified atom stereocenters. The van der Waals surface area contributed by atoms with Crippen LogP contribution in [0.1, 0.15) is 22.4 Å². The molecule has 0 aliphatic heterocycles. The number of thiophene rings is 1. The molecule has 0 spiro atoms. The van der Waals surface area contributed by atoms with E-state index in [-0.39, 0.29) is 0 Å². The summed E-state index contributed by atoms with van der Waals surface area (Å²) in [5, 5.41) is 3.44. The number of rotatable bonds is 6. The Balaban J connectivity index is 1.68. The molecule has 2 aromatic heterocycles. The molecule has 2 aromatic rings. The normalized spacial score (nSPS) is 10.8. The number of nitrogens with zero attached hydrogens (tertiary/aromatic N) is 1. The van der Waals surface area contributed by atoms with Crippen molar-refractivity contribution in [2.75, 3.05) is 6.54 Å². The molecule has 16 heavy (non-hydrogen) atoms. The molecule has 2 rings (SSSR count). The van der Waals surface area contributed by atoms with Crippen molar-refractivity contribution in [3.63, 3.8) is 0 Å². The van der Waals surface area contributed by atoms with Gasteiger partial charge < -0.3 is 10.3 Å². The van der Waals surface area contributed by atoms with Crippen molar-refractivity contribution in [1.82, 2.24) is 15.3 Å². The van der Waals surface area contributed by atoms with Gasteiger partial charge in [-0.05, 0) is 18.6 Å². The van der Waals surface area contributed by atoms with Crippen molar-refractivity contribution in [3.05, 3.63) is 40.1 Å². The van der Waals surface area contributed by atoms with Crippen molar-refractivity contribution in [3.8, 4) is 0 Å². The van der Waals surface area contributed by atoms with Crippen LogP contribution in [-0.2, 0) is 19.4 Å². The highest BCUT2D eigenvalue weighted by Crippen LogP contribution is 2.16. The lowest BCUT2D eigenvalue weighted by Gasteiger charge is -2.01. The largest absolute Gasteiger partial charge is 0.348 e. The molecule has 3 nitrogen and oxygen atoms in total. The molecule has 0 bridgehead atoms. The Kier molecular flexibility index (Phi) is 4.13. The van der Waals surface area contributed by atoms with E-state index in [0.717, 1.165) is 25.9 Å². The molecule has 0 aliphatic rings. The third-order valence-corrected chi connectivity index (χ3v) is 3.72. The van der Waals surface area contributed by atoms with E-state index in [1.165, 1.54) is 15.4 Å². The van der Waals surface area contributed by atoms with Crippen LogP contribution < -0.4 is 5.32 Å². The molecule has 0 fully saturated rings. The summed E-state index contributed by atoms with van der Waals surface area (Å²) in [6.07, 6.45) is 5.75. The summed E-state index contributed by atoms with van der Waals surface area (Å²) in [5.41, 5.74) is 1.19. The fourth-order valence-corrected chi connectivity index (χ4v) is 2.49. The van der Waals surface area contributed by atoms with E-state index in [0.29, 0.717) is 0 Å². The molecule has 2 N–H and O–H groups in total. The van der Waals surface area contributed by atoms with Crippen molar-refractivity contribution in [2.45, 2.75) is 26.3 Å².